The maximum Gasteiger partial charge on any atom is 0.330 e. The van der Waals surface area contributed by atoms with Crippen LogP contribution in [0.4, 0.5) is 5.69 Å². The number of hydrogen-bond donors (Lipinski definition) is 1. The van der Waals surface area contributed by atoms with Crippen LogP contribution in [-0.4, -0.2) is 40.3 Å². The number of carbonyl (C=O) groups excluding carboxylic acids is 2. The molecule has 1 N–H and O–H groups in total. The van der Waals surface area contributed by atoms with Crippen molar-refractivity contribution in [3.63, 3.8) is 0 Å². The third kappa shape index (κ3) is 3.58. The van der Waals surface area contributed by atoms with Crippen molar-refractivity contribution in [1.29, 1.82) is 0 Å². The van der Waals surface area contributed by atoms with E-state index in [1.807, 2.05) is 50.6 Å². The second-order valence-electron chi connectivity index (χ2n) is 7.78. The minimum Gasteiger partial charge on any atom is -0.367 e. The fourth-order valence-corrected chi connectivity index (χ4v) is 3.22. The first-order valence-corrected chi connectivity index (χ1v) is 8.96. The highest BCUT2D eigenvalue weighted by Crippen LogP contribution is 2.31. The Kier molecular flexibility index (Phi) is 5.00. The molecule has 2 heterocycles. The second kappa shape index (κ2) is 7.07. The average molecular weight is 358 g/mol. The molecule has 1 amide bonds. The van der Waals surface area contributed by atoms with Gasteiger partial charge in [0.25, 0.3) is 0 Å². The summed E-state index contributed by atoms with van der Waals surface area (Å²) >= 11 is 0. The van der Waals surface area contributed by atoms with E-state index in [1.54, 1.807) is 5.06 Å². The lowest BCUT2D eigenvalue weighted by Crippen LogP contribution is -2.39. The Hall–Kier alpha value is -2.41. The lowest BCUT2D eigenvalue weighted by molar-refractivity contribution is -0.205. The van der Waals surface area contributed by atoms with E-state index in [0.29, 0.717) is 19.5 Å². The number of benzene rings is 1. The lowest BCUT2D eigenvalue weighted by atomic mass is 9.98. The predicted octanol–water partition coefficient (Wildman–Crippen LogP) is 3.05. The van der Waals surface area contributed by atoms with Gasteiger partial charge < -0.3 is 10.2 Å². The number of rotatable bonds is 4. The molecule has 0 saturated carbocycles. The molecular formula is C19H26N4O3. The molecule has 0 spiro atoms. The van der Waals surface area contributed by atoms with E-state index >= 15 is 0 Å². The van der Waals surface area contributed by atoms with Crippen molar-refractivity contribution in [3.8, 4) is 0 Å². The largest absolute Gasteiger partial charge is 0.367 e. The Morgan fingerprint density at radius 3 is 2.62 bits per heavy atom. The summed E-state index contributed by atoms with van der Waals surface area (Å²) in [5, 5.41) is 10.3. The summed E-state index contributed by atoms with van der Waals surface area (Å²) in [6.07, 6.45) is 2.37. The van der Waals surface area contributed by atoms with Crippen molar-refractivity contribution < 1.29 is 14.4 Å². The normalized spacial score (nSPS) is 16.6. The smallest absolute Gasteiger partial charge is 0.330 e. The fourth-order valence-electron chi connectivity index (χ4n) is 3.22. The SMILES string of the molecule is Cc1c2cccc(NC=O)c2nn1C1CCN(OC(=O)C(C)(C)C)CC1. The van der Waals surface area contributed by atoms with Gasteiger partial charge in [0.1, 0.15) is 5.52 Å². The molecule has 2 aromatic rings. The number of piperidine rings is 1. The molecule has 0 atom stereocenters. The van der Waals surface area contributed by atoms with Crippen LogP contribution in [0.15, 0.2) is 18.2 Å². The van der Waals surface area contributed by atoms with Crippen LogP contribution in [0.25, 0.3) is 10.9 Å². The second-order valence-corrected chi connectivity index (χ2v) is 7.78. The van der Waals surface area contributed by atoms with E-state index < -0.39 is 5.41 Å². The molecule has 0 bridgehead atoms. The van der Waals surface area contributed by atoms with Crippen LogP contribution >= 0.6 is 0 Å². The topological polar surface area (TPSA) is 76.5 Å². The Labute approximate surface area is 153 Å². The number of anilines is 1. The van der Waals surface area contributed by atoms with E-state index in [0.717, 1.165) is 35.1 Å². The van der Waals surface area contributed by atoms with Gasteiger partial charge in [0.15, 0.2) is 0 Å². The van der Waals surface area contributed by atoms with Crippen LogP contribution < -0.4 is 5.32 Å². The van der Waals surface area contributed by atoms with Gasteiger partial charge in [-0.1, -0.05) is 12.1 Å². The van der Waals surface area contributed by atoms with Gasteiger partial charge in [-0.05, 0) is 46.6 Å². The quantitative estimate of drug-likeness (QED) is 0.850. The minimum absolute atomic E-state index is 0.207. The summed E-state index contributed by atoms with van der Waals surface area (Å²) in [6.45, 7) is 8.97. The molecule has 7 heteroatoms. The highest BCUT2D eigenvalue weighted by atomic mass is 16.7. The molecule has 7 nitrogen and oxygen atoms in total. The summed E-state index contributed by atoms with van der Waals surface area (Å²) in [7, 11) is 0. The summed E-state index contributed by atoms with van der Waals surface area (Å²) in [5.41, 5.74) is 2.10. The highest BCUT2D eigenvalue weighted by molar-refractivity contribution is 5.95. The van der Waals surface area contributed by atoms with Crippen LogP contribution in [0, 0.1) is 12.3 Å². The molecule has 1 aromatic heterocycles. The fraction of sp³-hybridized carbons (Fsp3) is 0.526. The van der Waals surface area contributed by atoms with Crippen LogP contribution in [0.5, 0.6) is 0 Å². The summed E-state index contributed by atoms with van der Waals surface area (Å²) in [6, 6.07) is 6.03. The molecule has 0 aliphatic carbocycles. The number of aromatic nitrogens is 2. The number of hydroxylamine groups is 2. The molecule has 3 rings (SSSR count). The lowest BCUT2D eigenvalue weighted by Gasteiger charge is -2.32. The zero-order chi connectivity index (χ0) is 18.9. The average Bonchev–Trinajstić information content (AvgIpc) is 2.93. The van der Waals surface area contributed by atoms with Gasteiger partial charge in [-0.15, -0.1) is 5.06 Å². The number of nitrogens with one attached hydrogen (secondary N) is 1. The van der Waals surface area contributed by atoms with E-state index in [4.69, 9.17) is 9.94 Å². The molecule has 26 heavy (non-hydrogen) atoms. The standard InChI is InChI=1S/C19H26N4O3/c1-13-15-6-5-7-16(20-12-24)17(15)21-23(13)14-8-10-22(11-9-14)26-18(25)19(2,3)4/h5-7,12,14H,8-11H2,1-4H3,(H,20,24). The number of aryl methyl sites for hydroxylation is 1. The highest BCUT2D eigenvalue weighted by Gasteiger charge is 2.29. The number of carbonyl (C=O) groups is 2. The van der Waals surface area contributed by atoms with Crippen molar-refractivity contribution in [2.45, 2.75) is 46.6 Å². The van der Waals surface area contributed by atoms with Crippen LogP contribution in [0.1, 0.15) is 45.3 Å². The maximum atomic E-state index is 12.0. The van der Waals surface area contributed by atoms with Gasteiger partial charge in [-0.2, -0.15) is 5.10 Å². The third-order valence-corrected chi connectivity index (χ3v) is 4.79. The number of nitrogens with zero attached hydrogens (tertiary/aromatic N) is 3. The van der Waals surface area contributed by atoms with Crippen molar-refractivity contribution >= 4 is 29.0 Å². The first kappa shape index (κ1) is 18.4. The van der Waals surface area contributed by atoms with Gasteiger partial charge >= 0.3 is 5.97 Å². The molecule has 140 valence electrons. The first-order valence-electron chi connectivity index (χ1n) is 8.96. The number of fused-ring (bicyclic) bond motifs is 1. The van der Waals surface area contributed by atoms with Gasteiger partial charge in [0.2, 0.25) is 6.41 Å². The van der Waals surface area contributed by atoms with E-state index in [9.17, 15) is 9.59 Å². The zero-order valence-corrected chi connectivity index (χ0v) is 15.8. The summed E-state index contributed by atoms with van der Waals surface area (Å²) in [4.78, 5) is 28.3. The predicted molar refractivity (Wildman–Crippen MR) is 99.5 cm³/mol. The van der Waals surface area contributed by atoms with Crippen molar-refractivity contribution in [2.75, 3.05) is 18.4 Å². The number of amides is 1. The Balaban J connectivity index is 1.74. The van der Waals surface area contributed by atoms with Crippen molar-refractivity contribution in [1.82, 2.24) is 14.8 Å². The molecule has 0 unspecified atom stereocenters. The van der Waals surface area contributed by atoms with Crippen molar-refractivity contribution in [3.05, 3.63) is 23.9 Å². The molecule has 1 saturated heterocycles. The molecule has 1 aromatic carbocycles. The third-order valence-electron chi connectivity index (χ3n) is 4.79. The first-order chi connectivity index (χ1) is 12.3. The molecule has 1 aliphatic heterocycles. The monoisotopic (exact) mass is 358 g/mol. The Bertz CT molecular complexity index is 814. The summed E-state index contributed by atoms with van der Waals surface area (Å²) < 4.78 is 2.05. The van der Waals surface area contributed by atoms with Gasteiger partial charge in [-0.25, -0.2) is 4.79 Å². The Morgan fingerprint density at radius 2 is 2.00 bits per heavy atom. The molecule has 1 fully saturated rings. The maximum absolute atomic E-state index is 12.0. The van der Waals surface area contributed by atoms with E-state index in [2.05, 4.69) is 5.32 Å². The van der Waals surface area contributed by atoms with Crippen molar-refractivity contribution in [2.24, 2.45) is 5.41 Å². The van der Waals surface area contributed by atoms with Crippen LogP contribution in [0.2, 0.25) is 0 Å². The Morgan fingerprint density at radius 1 is 1.31 bits per heavy atom. The summed E-state index contributed by atoms with van der Waals surface area (Å²) in [5.74, 6) is -0.207. The van der Waals surface area contributed by atoms with Gasteiger partial charge in [0.05, 0.1) is 17.1 Å². The van der Waals surface area contributed by atoms with Gasteiger partial charge in [0, 0.05) is 24.2 Å². The molecule has 1 aliphatic rings. The van der Waals surface area contributed by atoms with Crippen LogP contribution in [0.3, 0.4) is 0 Å². The van der Waals surface area contributed by atoms with Gasteiger partial charge in [-0.3, -0.25) is 9.48 Å². The van der Waals surface area contributed by atoms with E-state index in [-0.39, 0.29) is 12.0 Å². The number of hydrogen-bond acceptors (Lipinski definition) is 5. The van der Waals surface area contributed by atoms with Crippen LogP contribution in [-0.2, 0) is 14.4 Å². The van der Waals surface area contributed by atoms with E-state index in [1.165, 1.54) is 0 Å². The molecular weight excluding hydrogens is 332 g/mol. The minimum atomic E-state index is -0.505. The zero-order valence-electron chi connectivity index (χ0n) is 15.8. The molecule has 0 radical (unpaired) electrons.